The minimum absolute atomic E-state index is 0.0394. The number of carbonyl (C=O) groups is 1. The number of benzene rings is 1. The zero-order valence-corrected chi connectivity index (χ0v) is 16.8. The predicted molar refractivity (Wildman–Crippen MR) is 102 cm³/mol. The van der Waals surface area contributed by atoms with Crippen molar-refractivity contribution in [1.82, 2.24) is 19.6 Å². The molecule has 0 saturated heterocycles. The van der Waals surface area contributed by atoms with E-state index in [1.807, 2.05) is 10.8 Å². The van der Waals surface area contributed by atoms with Gasteiger partial charge in [-0.25, -0.2) is 18.1 Å². The molecule has 148 valence electrons. The van der Waals surface area contributed by atoms with Gasteiger partial charge in [-0.1, -0.05) is 11.6 Å². The second-order valence-corrected chi connectivity index (χ2v) is 8.28. The van der Waals surface area contributed by atoms with E-state index in [1.54, 1.807) is 26.4 Å². The van der Waals surface area contributed by atoms with Crippen LogP contribution in [0.15, 0.2) is 41.8 Å². The smallest absolute Gasteiger partial charge is 0.257 e. The third-order valence-corrected chi connectivity index (χ3v) is 5.39. The first-order valence-electron chi connectivity index (χ1n) is 8.45. The summed E-state index contributed by atoms with van der Waals surface area (Å²) in [6, 6.07) is 3.88. The Morgan fingerprint density at radius 3 is 2.78 bits per heavy atom. The van der Waals surface area contributed by atoms with Gasteiger partial charge in [0.25, 0.3) is 5.91 Å². The molecule has 0 spiro atoms. The lowest BCUT2D eigenvalue weighted by molar-refractivity contribution is -0.123. The maximum Gasteiger partial charge on any atom is 0.257 e. The molecule has 0 atom stereocenters. The number of halogens is 1. The summed E-state index contributed by atoms with van der Waals surface area (Å²) >= 11 is 6.08. The highest BCUT2D eigenvalue weighted by atomic mass is 35.5. The van der Waals surface area contributed by atoms with E-state index in [4.69, 9.17) is 16.3 Å². The molecule has 2 rings (SSSR count). The van der Waals surface area contributed by atoms with Crippen LogP contribution in [0.2, 0.25) is 5.02 Å². The van der Waals surface area contributed by atoms with Gasteiger partial charge in [-0.05, 0) is 38.5 Å². The molecule has 1 amide bonds. The summed E-state index contributed by atoms with van der Waals surface area (Å²) in [5.74, 6) is -0.0383. The van der Waals surface area contributed by atoms with Gasteiger partial charge in [0.15, 0.2) is 6.61 Å². The van der Waals surface area contributed by atoms with Gasteiger partial charge in [0, 0.05) is 31.5 Å². The second kappa shape index (κ2) is 9.72. The van der Waals surface area contributed by atoms with Crippen LogP contribution in [0.1, 0.15) is 20.3 Å². The number of sulfonamides is 1. The van der Waals surface area contributed by atoms with Crippen molar-refractivity contribution in [2.75, 3.05) is 13.2 Å². The zero-order chi connectivity index (χ0) is 19.9. The standard InChI is InChI=1S/C17H23ClN4O4S/c1-13(2)21-27(24,25)14-4-5-16(15(18)10-14)26-11-17(23)20-6-3-8-22-9-7-19-12-22/h4-5,7,9-10,12-13,21H,3,6,8,11H2,1-2H3,(H,20,23). The summed E-state index contributed by atoms with van der Waals surface area (Å²) < 4.78 is 34.0. The first kappa shape index (κ1) is 21.2. The molecule has 0 fully saturated rings. The van der Waals surface area contributed by atoms with Gasteiger partial charge in [-0.2, -0.15) is 0 Å². The summed E-state index contributed by atoms with van der Waals surface area (Å²) in [5, 5.41) is 2.87. The van der Waals surface area contributed by atoms with Crippen LogP contribution in [-0.4, -0.2) is 43.1 Å². The van der Waals surface area contributed by atoms with E-state index in [0.29, 0.717) is 6.54 Å². The lowest BCUT2D eigenvalue weighted by Crippen LogP contribution is -2.30. The lowest BCUT2D eigenvalue weighted by atomic mass is 10.3. The van der Waals surface area contributed by atoms with Crippen molar-refractivity contribution < 1.29 is 17.9 Å². The van der Waals surface area contributed by atoms with Crippen molar-refractivity contribution in [3.05, 3.63) is 41.9 Å². The number of aromatic nitrogens is 2. The molecule has 8 nitrogen and oxygen atoms in total. The van der Waals surface area contributed by atoms with Gasteiger partial charge in [-0.3, -0.25) is 4.79 Å². The van der Waals surface area contributed by atoms with E-state index >= 15 is 0 Å². The molecule has 2 N–H and O–H groups in total. The molecule has 0 bridgehead atoms. The van der Waals surface area contributed by atoms with E-state index in [2.05, 4.69) is 15.0 Å². The monoisotopic (exact) mass is 414 g/mol. The Balaban J connectivity index is 1.80. The molecule has 27 heavy (non-hydrogen) atoms. The Kier molecular flexibility index (Phi) is 7.64. The molecule has 1 heterocycles. The third kappa shape index (κ3) is 6.85. The first-order chi connectivity index (χ1) is 12.8. The first-order valence-corrected chi connectivity index (χ1v) is 10.3. The highest BCUT2D eigenvalue weighted by Gasteiger charge is 2.17. The number of carbonyl (C=O) groups excluding carboxylic acids is 1. The molecule has 1 aromatic heterocycles. The fourth-order valence-electron chi connectivity index (χ4n) is 2.25. The molecule has 10 heteroatoms. The van der Waals surface area contributed by atoms with Gasteiger partial charge in [0.2, 0.25) is 10.0 Å². The van der Waals surface area contributed by atoms with E-state index in [9.17, 15) is 13.2 Å². The van der Waals surface area contributed by atoms with Gasteiger partial charge in [-0.15, -0.1) is 0 Å². The molecule has 1 aromatic carbocycles. The van der Waals surface area contributed by atoms with Crippen molar-refractivity contribution in [2.24, 2.45) is 0 Å². The number of amides is 1. The number of hydrogen-bond acceptors (Lipinski definition) is 5. The Hall–Kier alpha value is -2.10. The summed E-state index contributed by atoms with van der Waals surface area (Å²) in [5.41, 5.74) is 0. The molecule has 0 radical (unpaired) electrons. The van der Waals surface area contributed by atoms with Crippen molar-refractivity contribution in [1.29, 1.82) is 0 Å². The fourth-order valence-corrected chi connectivity index (χ4v) is 3.82. The summed E-state index contributed by atoms with van der Waals surface area (Å²) in [7, 11) is -3.64. The number of ether oxygens (including phenoxy) is 1. The van der Waals surface area contributed by atoms with Crippen LogP contribution in [0.5, 0.6) is 5.75 Å². The third-order valence-electron chi connectivity index (χ3n) is 3.44. The number of aryl methyl sites for hydroxylation is 1. The summed E-state index contributed by atoms with van der Waals surface area (Å²) in [6.07, 6.45) is 6.03. The van der Waals surface area contributed by atoms with Crippen LogP contribution in [0.25, 0.3) is 0 Å². The van der Waals surface area contributed by atoms with E-state index in [-0.39, 0.29) is 34.2 Å². The summed E-state index contributed by atoms with van der Waals surface area (Å²) in [6.45, 7) is 4.51. The maximum absolute atomic E-state index is 12.1. The largest absolute Gasteiger partial charge is 0.482 e. The molecular formula is C17H23ClN4O4S. The van der Waals surface area contributed by atoms with E-state index < -0.39 is 10.0 Å². The molecule has 0 saturated carbocycles. The zero-order valence-electron chi connectivity index (χ0n) is 15.2. The van der Waals surface area contributed by atoms with Crippen LogP contribution in [0, 0.1) is 0 Å². The van der Waals surface area contributed by atoms with Crippen LogP contribution in [0.3, 0.4) is 0 Å². The predicted octanol–water partition coefficient (Wildman–Crippen LogP) is 1.81. The number of rotatable bonds is 10. The molecule has 0 aliphatic heterocycles. The van der Waals surface area contributed by atoms with Crippen molar-refractivity contribution >= 4 is 27.5 Å². The Labute approximate surface area is 163 Å². The maximum atomic E-state index is 12.1. The minimum atomic E-state index is -3.64. The highest BCUT2D eigenvalue weighted by Crippen LogP contribution is 2.27. The number of imidazole rings is 1. The van der Waals surface area contributed by atoms with Crippen LogP contribution in [-0.2, 0) is 21.4 Å². The molecular weight excluding hydrogens is 392 g/mol. The highest BCUT2D eigenvalue weighted by molar-refractivity contribution is 7.89. The van der Waals surface area contributed by atoms with Crippen LogP contribution in [0.4, 0.5) is 0 Å². The van der Waals surface area contributed by atoms with E-state index in [1.165, 1.54) is 18.2 Å². The number of nitrogens with one attached hydrogen (secondary N) is 2. The average molecular weight is 415 g/mol. The average Bonchev–Trinajstić information content (AvgIpc) is 3.10. The van der Waals surface area contributed by atoms with Crippen LogP contribution < -0.4 is 14.8 Å². The van der Waals surface area contributed by atoms with Crippen LogP contribution >= 0.6 is 11.6 Å². The fraction of sp³-hybridized carbons (Fsp3) is 0.412. The summed E-state index contributed by atoms with van der Waals surface area (Å²) in [4.78, 5) is 15.8. The van der Waals surface area contributed by atoms with Crippen molar-refractivity contribution in [3.8, 4) is 5.75 Å². The molecule has 0 aliphatic rings. The minimum Gasteiger partial charge on any atom is -0.482 e. The number of nitrogens with zero attached hydrogens (tertiary/aromatic N) is 2. The van der Waals surface area contributed by atoms with Gasteiger partial charge in [0.1, 0.15) is 5.75 Å². The quantitative estimate of drug-likeness (QED) is 0.577. The molecule has 0 unspecified atom stereocenters. The van der Waals surface area contributed by atoms with E-state index in [0.717, 1.165) is 13.0 Å². The normalized spacial score (nSPS) is 11.6. The second-order valence-electron chi connectivity index (χ2n) is 6.16. The molecule has 2 aromatic rings. The Morgan fingerprint density at radius 2 is 2.15 bits per heavy atom. The van der Waals surface area contributed by atoms with Gasteiger partial charge in [0.05, 0.1) is 16.2 Å². The number of hydrogen-bond donors (Lipinski definition) is 2. The van der Waals surface area contributed by atoms with Gasteiger partial charge >= 0.3 is 0 Å². The topological polar surface area (TPSA) is 102 Å². The van der Waals surface area contributed by atoms with Gasteiger partial charge < -0.3 is 14.6 Å². The van der Waals surface area contributed by atoms with Crippen molar-refractivity contribution in [2.45, 2.75) is 37.8 Å². The lowest BCUT2D eigenvalue weighted by Gasteiger charge is -2.12. The SMILES string of the molecule is CC(C)NS(=O)(=O)c1ccc(OCC(=O)NCCCn2ccnc2)c(Cl)c1. The Morgan fingerprint density at radius 1 is 1.37 bits per heavy atom. The Bertz CT molecular complexity index is 854. The van der Waals surface area contributed by atoms with Crippen molar-refractivity contribution in [3.63, 3.8) is 0 Å². The molecule has 0 aliphatic carbocycles.